The van der Waals surface area contributed by atoms with Crippen LogP contribution in [0.2, 0.25) is 5.02 Å². The minimum atomic E-state index is -0.423. The van der Waals surface area contributed by atoms with Gasteiger partial charge in [0.15, 0.2) is 5.82 Å². The van der Waals surface area contributed by atoms with Crippen LogP contribution >= 0.6 is 11.6 Å². The van der Waals surface area contributed by atoms with Crippen LogP contribution in [-0.2, 0) is 33.8 Å². The number of anilines is 2. The largest absolute Gasteiger partial charge is 0.508 e. The zero-order chi connectivity index (χ0) is 57.9. The van der Waals surface area contributed by atoms with Crippen LogP contribution in [0.15, 0.2) is 90.2 Å². The second-order valence-corrected chi connectivity index (χ2v) is 23.6. The van der Waals surface area contributed by atoms with Gasteiger partial charge in [0, 0.05) is 114 Å². The molecule has 0 radical (unpaired) electrons. The van der Waals surface area contributed by atoms with E-state index in [9.17, 15) is 29.9 Å². The Balaban J connectivity index is 0.642. The van der Waals surface area contributed by atoms with Crippen LogP contribution in [0.25, 0.3) is 27.8 Å². The van der Waals surface area contributed by atoms with Crippen LogP contribution in [0.4, 0.5) is 11.5 Å². The quantitative estimate of drug-likeness (QED) is 0.0824. The molecular formula is C62H74ClN13O7. The Bertz CT molecular complexity index is 3430. The molecule has 4 aromatic carbocycles. The summed E-state index contributed by atoms with van der Waals surface area (Å²) >= 11 is 6.81. The maximum atomic E-state index is 13.6. The monoisotopic (exact) mass is 1150 g/mol. The molecule has 83 heavy (non-hydrogen) atoms. The van der Waals surface area contributed by atoms with Gasteiger partial charge in [-0.3, -0.25) is 19.4 Å². The number of amides is 2. The number of H-pyrrole nitrogens is 1. The number of carbonyl (C=O) groups excluding carboxylic acids is 2. The Kier molecular flexibility index (Phi) is 17.3. The SMILES string of the molecule is C=CC(=O)N1CCN(c2nc(OC[C@@H]3C[C@@H](OCC(=O)N4CCC(CN5CCN(Cc6ccc(-n7c(-c8cc(C(C)C)c(O)cc8O)n[nH]c7=O)cc6)CC5)CC4)CN3C)nc3c2CCN(c2cccc4cccc(Cl)c24)C3)CC1CC#N. The van der Waals surface area contributed by atoms with Crippen molar-refractivity contribution in [3.05, 3.63) is 123 Å². The van der Waals surface area contributed by atoms with Crippen LogP contribution in [-0.4, -0.2) is 188 Å². The molecule has 0 bridgehead atoms. The summed E-state index contributed by atoms with van der Waals surface area (Å²) in [4.78, 5) is 64.9. The Morgan fingerprint density at radius 1 is 0.904 bits per heavy atom. The number of ether oxygens (including phenoxy) is 2. The number of rotatable bonds is 17. The van der Waals surface area contributed by atoms with Gasteiger partial charge in [-0.15, -0.1) is 0 Å². The molecule has 3 atom stereocenters. The Labute approximate surface area is 489 Å². The zero-order valence-corrected chi connectivity index (χ0v) is 48.4. The molecular weight excluding hydrogens is 1070 g/mol. The van der Waals surface area contributed by atoms with E-state index in [-0.39, 0.29) is 72.3 Å². The van der Waals surface area contributed by atoms with Crippen LogP contribution in [0.1, 0.15) is 67.8 Å². The number of nitriles is 1. The van der Waals surface area contributed by atoms with Gasteiger partial charge in [-0.2, -0.15) is 20.3 Å². The number of hydrogen-bond acceptors (Lipinski definition) is 16. The lowest BCUT2D eigenvalue weighted by Gasteiger charge is -2.42. The molecule has 2 aromatic heterocycles. The summed E-state index contributed by atoms with van der Waals surface area (Å²) in [6, 6.07) is 25.2. The number of piperidine rings is 1. The molecule has 4 fully saturated rings. The van der Waals surface area contributed by atoms with E-state index in [1.165, 1.54) is 16.7 Å². The number of phenolic OH excluding ortho intramolecular Hbond substituents is 2. The number of fused-ring (bicyclic) bond motifs is 2. The zero-order valence-electron chi connectivity index (χ0n) is 47.6. The average molecular weight is 1150 g/mol. The molecule has 4 saturated heterocycles. The first-order valence-corrected chi connectivity index (χ1v) is 29.5. The number of nitrogens with one attached hydrogen (secondary N) is 1. The summed E-state index contributed by atoms with van der Waals surface area (Å²) in [5.41, 5.74) is 5.28. The van der Waals surface area contributed by atoms with Gasteiger partial charge in [0.2, 0.25) is 11.8 Å². The van der Waals surface area contributed by atoms with Gasteiger partial charge >= 0.3 is 11.7 Å². The third-order valence-electron chi connectivity index (χ3n) is 17.5. The molecule has 6 aromatic rings. The van der Waals surface area contributed by atoms with E-state index < -0.39 is 5.69 Å². The van der Waals surface area contributed by atoms with Gasteiger partial charge in [0.05, 0.1) is 53.1 Å². The third-order valence-corrected chi connectivity index (χ3v) is 17.8. The average Bonchev–Trinajstić information content (AvgIpc) is 3.82. The van der Waals surface area contributed by atoms with E-state index in [0.717, 1.165) is 111 Å². The number of phenols is 2. The number of carbonyl (C=O) groups is 2. The van der Waals surface area contributed by atoms with Crippen LogP contribution < -0.4 is 20.2 Å². The molecule has 1 unspecified atom stereocenters. The number of benzene rings is 4. The van der Waals surface area contributed by atoms with E-state index in [0.29, 0.717) is 79.9 Å². The Morgan fingerprint density at radius 3 is 2.41 bits per heavy atom. The number of aromatic hydroxyl groups is 2. The lowest BCUT2D eigenvalue weighted by molar-refractivity contribution is -0.139. The molecule has 0 saturated carbocycles. The minimum absolute atomic E-state index is 0.0000455. The maximum Gasteiger partial charge on any atom is 0.348 e. The van der Waals surface area contributed by atoms with Crippen molar-refractivity contribution in [3.8, 4) is 40.7 Å². The summed E-state index contributed by atoms with van der Waals surface area (Å²) in [5.74, 6) is 1.25. The van der Waals surface area contributed by atoms with Crippen molar-refractivity contribution in [1.29, 1.82) is 5.26 Å². The van der Waals surface area contributed by atoms with E-state index in [4.69, 9.17) is 31.0 Å². The first kappa shape index (κ1) is 57.3. The van der Waals surface area contributed by atoms with E-state index in [1.807, 2.05) is 55.1 Å². The van der Waals surface area contributed by atoms with Crippen molar-refractivity contribution in [2.45, 2.75) is 83.1 Å². The third kappa shape index (κ3) is 12.6. The fraction of sp³-hybridized carbons (Fsp3) is 0.468. The van der Waals surface area contributed by atoms with Gasteiger partial charge in [-0.1, -0.05) is 68.4 Å². The standard InChI is InChI=1S/C62H74ClN13O7/c1-5-56(79)75-29-28-74(35-45(75)16-20-64)59-48-19-23-73(53-11-7-9-43-8-6-10-51(63)58(43)53)37-52(48)65-61(66-59)83-38-46-30-47(36-69(46)4)82-39-57(80)72-21-17-42(18-22-72)34-71-26-24-70(25-27-71)33-41-12-14-44(15-13-41)76-60(67-68-62(76)81)50-31-49(40(2)3)54(77)32-55(50)78/h5-15,31-32,40,42,45-47,77-78H,1,16-19,21-30,33-39H2,2-4H3,(H,68,81)/t45?,46-,47+/m0/s1. The number of likely N-dealkylation sites (N-methyl/N-ethyl adjacent to an activating group) is 1. The van der Waals surface area contributed by atoms with Gasteiger partial charge in [-0.05, 0) is 97.5 Å². The molecule has 21 heteroatoms. The summed E-state index contributed by atoms with van der Waals surface area (Å²) in [5, 5.41) is 40.4. The predicted molar refractivity (Wildman–Crippen MR) is 318 cm³/mol. The lowest BCUT2D eigenvalue weighted by Crippen LogP contribution is -2.55. The fourth-order valence-electron chi connectivity index (χ4n) is 12.8. The van der Waals surface area contributed by atoms with Crippen molar-refractivity contribution in [1.82, 2.24) is 49.2 Å². The van der Waals surface area contributed by atoms with Crippen molar-refractivity contribution >= 4 is 45.7 Å². The summed E-state index contributed by atoms with van der Waals surface area (Å²) < 4.78 is 14.3. The molecule has 5 aliphatic heterocycles. The molecule has 2 amide bonds. The van der Waals surface area contributed by atoms with Crippen molar-refractivity contribution in [2.24, 2.45) is 5.92 Å². The summed E-state index contributed by atoms with van der Waals surface area (Å²) in [6.45, 7) is 18.4. The number of likely N-dealkylation sites (tertiary alicyclic amines) is 2. The highest BCUT2D eigenvalue weighted by atomic mass is 35.5. The van der Waals surface area contributed by atoms with Gasteiger partial charge < -0.3 is 44.2 Å². The minimum Gasteiger partial charge on any atom is -0.508 e. The number of aromatic amines is 1. The molecule has 5 aliphatic rings. The van der Waals surface area contributed by atoms with Crippen molar-refractivity contribution in [3.63, 3.8) is 0 Å². The van der Waals surface area contributed by atoms with Crippen LogP contribution in [0.3, 0.4) is 0 Å². The highest BCUT2D eigenvalue weighted by Gasteiger charge is 2.36. The fourth-order valence-corrected chi connectivity index (χ4v) is 13.1. The highest BCUT2D eigenvalue weighted by molar-refractivity contribution is 6.36. The second kappa shape index (κ2) is 25.1. The molecule has 3 N–H and O–H groups in total. The van der Waals surface area contributed by atoms with Crippen LogP contribution in [0.5, 0.6) is 17.5 Å². The first-order chi connectivity index (χ1) is 40.2. The number of halogens is 1. The molecule has 0 aliphatic carbocycles. The van der Waals surface area contributed by atoms with E-state index in [2.05, 4.69) is 78.7 Å². The normalized spacial score (nSPS) is 20.3. The van der Waals surface area contributed by atoms with Crippen molar-refractivity contribution < 1.29 is 29.3 Å². The molecule has 11 rings (SSSR count). The molecule has 20 nitrogen and oxygen atoms in total. The molecule has 0 spiro atoms. The summed E-state index contributed by atoms with van der Waals surface area (Å²) in [6.07, 6.45) is 4.67. The van der Waals surface area contributed by atoms with E-state index >= 15 is 0 Å². The number of piperazine rings is 2. The summed E-state index contributed by atoms with van der Waals surface area (Å²) in [7, 11) is 2.05. The molecule has 436 valence electrons. The smallest absolute Gasteiger partial charge is 0.348 e. The van der Waals surface area contributed by atoms with E-state index in [1.54, 1.807) is 11.0 Å². The van der Waals surface area contributed by atoms with Gasteiger partial charge in [0.25, 0.3) is 0 Å². The van der Waals surface area contributed by atoms with Crippen LogP contribution in [0, 0.1) is 17.2 Å². The van der Waals surface area contributed by atoms with Crippen molar-refractivity contribution in [2.75, 3.05) is 109 Å². The van der Waals surface area contributed by atoms with Gasteiger partial charge in [0.1, 0.15) is 30.5 Å². The molecule has 7 heterocycles. The topological polar surface area (TPSA) is 216 Å². The number of aromatic nitrogens is 5. The van der Waals surface area contributed by atoms with Gasteiger partial charge in [-0.25, -0.2) is 14.5 Å². The maximum absolute atomic E-state index is 13.6. The Hall–Kier alpha value is -7.54. The lowest BCUT2D eigenvalue weighted by atomic mass is 9.96. The predicted octanol–water partition coefficient (Wildman–Crippen LogP) is 6.56. The number of nitrogens with zero attached hydrogens (tertiary/aromatic N) is 12. The highest BCUT2D eigenvalue weighted by Crippen LogP contribution is 2.39. The first-order valence-electron chi connectivity index (χ1n) is 29.1. The Morgan fingerprint density at radius 2 is 1.66 bits per heavy atom. The second-order valence-electron chi connectivity index (χ2n) is 23.2. The number of hydrogen-bond donors (Lipinski definition) is 3.